The molecule has 0 aliphatic rings. The average Bonchev–Trinajstić information content (AvgIpc) is 2.73. The van der Waals surface area contributed by atoms with E-state index < -0.39 is 18.0 Å². The number of aryl methyl sites for hydroxylation is 1. The maximum Gasteiger partial charge on any atom is 0.325 e. The number of hydrogen-bond acceptors (Lipinski definition) is 3. The fourth-order valence-electron chi connectivity index (χ4n) is 1.31. The second kappa shape index (κ2) is 6.24. The van der Waals surface area contributed by atoms with Crippen LogP contribution in [0.4, 0.5) is 4.79 Å². The SMILES string of the molecule is CCc1ccsc1CNC(=O)NC(C)C(=O)O. The van der Waals surface area contributed by atoms with Crippen molar-refractivity contribution in [3.63, 3.8) is 0 Å². The minimum absolute atomic E-state index is 0.430. The molecule has 1 aromatic rings. The molecule has 1 aromatic heterocycles. The summed E-state index contributed by atoms with van der Waals surface area (Å²) >= 11 is 1.58. The molecule has 0 spiro atoms. The largest absolute Gasteiger partial charge is 0.480 e. The fraction of sp³-hybridized carbons (Fsp3) is 0.455. The molecule has 94 valence electrons. The van der Waals surface area contributed by atoms with Gasteiger partial charge >= 0.3 is 12.0 Å². The van der Waals surface area contributed by atoms with Crippen LogP contribution in [0.2, 0.25) is 0 Å². The van der Waals surface area contributed by atoms with Gasteiger partial charge in [-0.1, -0.05) is 6.92 Å². The topological polar surface area (TPSA) is 78.4 Å². The molecule has 6 heteroatoms. The first-order chi connectivity index (χ1) is 8.04. The number of nitrogens with one attached hydrogen (secondary N) is 2. The molecule has 0 aliphatic heterocycles. The summed E-state index contributed by atoms with van der Waals surface area (Å²) in [5, 5.41) is 15.6. The molecule has 1 atom stereocenters. The van der Waals surface area contributed by atoms with Crippen LogP contribution in [0.25, 0.3) is 0 Å². The number of hydrogen-bond donors (Lipinski definition) is 3. The van der Waals surface area contributed by atoms with Gasteiger partial charge in [0.2, 0.25) is 0 Å². The highest BCUT2D eigenvalue weighted by Crippen LogP contribution is 2.16. The van der Waals surface area contributed by atoms with Gasteiger partial charge in [-0.3, -0.25) is 4.79 Å². The van der Waals surface area contributed by atoms with Crippen molar-refractivity contribution in [1.29, 1.82) is 0 Å². The zero-order chi connectivity index (χ0) is 12.8. The third-order valence-electron chi connectivity index (χ3n) is 2.35. The van der Waals surface area contributed by atoms with Gasteiger partial charge in [0, 0.05) is 4.88 Å². The molecule has 0 fully saturated rings. The molecule has 5 nitrogen and oxygen atoms in total. The zero-order valence-electron chi connectivity index (χ0n) is 9.82. The van der Waals surface area contributed by atoms with Crippen molar-refractivity contribution >= 4 is 23.3 Å². The molecule has 2 amide bonds. The molecule has 0 radical (unpaired) electrons. The van der Waals surface area contributed by atoms with Crippen molar-refractivity contribution in [1.82, 2.24) is 10.6 Å². The van der Waals surface area contributed by atoms with Gasteiger partial charge in [-0.15, -0.1) is 11.3 Å². The van der Waals surface area contributed by atoms with Crippen LogP contribution in [-0.4, -0.2) is 23.1 Å². The van der Waals surface area contributed by atoms with Crippen molar-refractivity contribution in [2.75, 3.05) is 0 Å². The van der Waals surface area contributed by atoms with Crippen molar-refractivity contribution in [3.8, 4) is 0 Å². The van der Waals surface area contributed by atoms with Crippen molar-refractivity contribution in [2.24, 2.45) is 0 Å². The van der Waals surface area contributed by atoms with Crippen molar-refractivity contribution in [2.45, 2.75) is 32.9 Å². The Morgan fingerprint density at radius 3 is 2.82 bits per heavy atom. The highest BCUT2D eigenvalue weighted by atomic mass is 32.1. The number of urea groups is 1. The Balaban J connectivity index is 2.41. The zero-order valence-corrected chi connectivity index (χ0v) is 10.6. The summed E-state index contributed by atoms with van der Waals surface area (Å²) in [4.78, 5) is 23.0. The Labute approximate surface area is 104 Å². The van der Waals surface area contributed by atoms with Gasteiger partial charge < -0.3 is 15.7 Å². The number of amides is 2. The van der Waals surface area contributed by atoms with Crippen LogP contribution in [-0.2, 0) is 17.8 Å². The summed E-state index contributed by atoms with van der Waals surface area (Å²) in [6, 6.07) is 0.679. The van der Waals surface area contributed by atoms with E-state index in [0.29, 0.717) is 6.54 Å². The number of rotatable bonds is 5. The van der Waals surface area contributed by atoms with E-state index in [2.05, 4.69) is 17.6 Å². The Hall–Kier alpha value is -1.56. The lowest BCUT2D eigenvalue weighted by Crippen LogP contribution is -2.44. The third kappa shape index (κ3) is 4.07. The predicted octanol–water partition coefficient (Wildman–Crippen LogP) is 1.58. The van der Waals surface area contributed by atoms with E-state index in [1.807, 2.05) is 11.4 Å². The van der Waals surface area contributed by atoms with Gasteiger partial charge in [0.05, 0.1) is 6.54 Å². The Morgan fingerprint density at radius 1 is 1.53 bits per heavy atom. The van der Waals surface area contributed by atoms with E-state index in [9.17, 15) is 9.59 Å². The van der Waals surface area contributed by atoms with E-state index in [-0.39, 0.29) is 0 Å². The summed E-state index contributed by atoms with van der Waals surface area (Å²) in [5.41, 5.74) is 1.21. The van der Waals surface area contributed by atoms with E-state index in [1.165, 1.54) is 12.5 Å². The molecule has 0 saturated carbocycles. The van der Waals surface area contributed by atoms with Crippen LogP contribution >= 0.6 is 11.3 Å². The summed E-state index contributed by atoms with van der Waals surface area (Å²) in [6.45, 7) is 3.90. The molecule has 3 N–H and O–H groups in total. The van der Waals surface area contributed by atoms with E-state index >= 15 is 0 Å². The summed E-state index contributed by atoms with van der Waals surface area (Å²) in [5.74, 6) is -1.05. The normalized spacial score (nSPS) is 11.9. The summed E-state index contributed by atoms with van der Waals surface area (Å²) in [6.07, 6.45) is 0.924. The van der Waals surface area contributed by atoms with Crippen LogP contribution in [0.5, 0.6) is 0 Å². The molecule has 17 heavy (non-hydrogen) atoms. The van der Waals surface area contributed by atoms with Crippen LogP contribution in [0, 0.1) is 0 Å². The molecular weight excluding hydrogens is 240 g/mol. The standard InChI is InChI=1S/C11H16N2O3S/c1-3-8-4-5-17-9(8)6-12-11(16)13-7(2)10(14)15/h4-5,7H,3,6H2,1-2H3,(H,14,15)(H2,12,13,16). The molecule has 1 heterocycles. The van der Waals surface area contributed by atoms with Gasteiger partial charge in [-0.2, -0.15) is 0 Å². The first kappa shape index (κ1) is 13.5. The Kier molecular flexibility index (Phi) is 4.96. The quantitative estimate of drug-likeness (QED) is 0.748. The molecule has 1 unspecified atom stereocenters. The second-order valence-electron chi connectivity index (χ2n) is 3.61. The van der Waals surface area contributed by atoms with Crippen molar-refractivity contribution < 1.29 is 14.7 Å². The van der Waals surface area contributed by atoms with Crippen LogP contribution in [0.15, 0.2) is 11.4 Å². The smallest absolute Gasteiger partial charge is 0.325 e. The van der Waals surface area contributed by atoms with Gasteiger partial charge in [0.1, 0.15) is 6.04 Å². The number of carboxylic acid groups (broad SMARTS) is 1. The van der Waals surface area contributed by atoms with E-state index in [0.717, 1.165) is 11.3 Å². The lowest BCUT2D eigenvalue weighted by molar-refractivity contribution is -0.138. The minimum atomic E-state index is -1.05. The van der Waals surface area contributed by atoms with Gasteiger partial charge in [0.15, 0.2) is 0 Å². The predicted molar refractivity (Wildman–Crippen MR) is 66.2 cm³/mol. The Morgan fingerprint density at radius 2 is 2.24 bits per heavy atom. The first-order valence-electron chi connectivity index (χ1n) is 5.37. The molecular formula is C11H16N2O3S. The maximum absolute atomic E-state index is 11.4. The number of carbonyl (C=O) groups is 2. The molecule has 0 bridgehead atoms. The average molecular weight is 256 g/mol. The summed E-state index contributed by atoms with van der Waals surface area (Å²) in [7, 11) is 0. The first-order valence-corrected chi connectivity index (χ1v) is 6.25. The maximum atomic E-state index is 11.4. The van der Waals surface area contributed by atoms with Gasteiger partial charge in [-0.25, -0.2) is 4.79 Å². The third-order valence-corrected chi connectivity index (χ3v) is 3.31. The molecule has 1 rings (SSSR count). The highest BCUT2D eigenvalue weighted by Gasteiger charge is 2.13. The number of carbonyl (C=O) groups excluding carboxylic acids is 1. The number of thiophene rings is 1. The molecule has 0 aromatic carbocycles. The highest BCUT2D eigenvalue weighted by molar-refractivity contribution is 7.10. The lowest BCUT2D eigenvalue weighted by atomic mass is 10.2. The number of aliphatic carboxylic acids is 1. The van der Waals surface area contributed by atoms with Crippen LogP contribution in [0.1, 0.15) is 24.3 Å². The monoisotopic (exact) mass is 256 g/mol. The minimum Gasteiger partial charge on any atom is -0.480 e. The fourth-order valence-corrected chi connectivity index (χ4v) is 2.22. The van der Waals surface area contributed by atoms with Crippen LogP contribution < -0.4 is 10.6 Å². The summed E-state index contributed by atoms with van der Waals surface area (Å²) < 4.78 is 0. The lowest BCUT2D eigenvalue weighted by Gasteiger charge is -2.10. The Bertz CT molecular complexity index is 403. The molecule has 0 saturated heterocycles. The van der Waals surface area contributed by atoms with E-state index in [1.54, 1.807) is 11.3 Å². The number of carboxylic acids is 1. The second-order valence-corrected chi connectivity index (χ2v) is 4.61. The van der Waals surface area contributed by atoms with E-state index in [4.69, 9.17) is 5.11 Å². The van der Waals surface area contributed by atoms with Crippen LogP contribution in [0.3, 0.4) is 0 Å². The van der Waals surface area contributed by atoms with Gasteiger partial charge in [-0.05, 0) is 30.4 Å². The van der Waals surface area contributed by atoms with Gasteiger partial charge in [0.25, 0.3) is 0 Å². The van der Waals surface area contributed by atoms with Crippen molar-refractivity contribution in [3.05, 3.63) is 21.9 Å². The molecule has 0 aliphatic carbocycles.